The first-order valence-corrected chi connectivity index (χ1v) is 8.90. The fraction of sp³-hybridized carbons (Fsp3) is 0.278. The third kappa shape index (κ3) is 2.63. The molecule has 1 atom stereocenters. The van der Waals surface area contributed by atoms with Gasteiger partial charge in [0.1, 0.15) is 0 Å². The molecule has 5 nitrogen and oxygen atoms in total. The molecule has 1 fully saturated rings. The van der Waals surface area contributed by atoms with E-state index in [4.69, 9.17) is 0 Å². The Balaban J connectivity index is 1.64. The maximum absolute atomic E-state index is 12.8. The lowest BCUT2D eigenvalue weighted by atomic mass is 10.0. The number of aromatic nitrogens is 2. The van der Waals surface area contributed by atoms with Gasteiger partial charge in [-0.15, -0.1) is 11.3 Å². The minimum Gasteiger partial charge on any atom is -0.336 e. The Morgan fingerprint density at radius 2 is 2.08 bits per heavy atom. The average molecular weight is 339 g/mol. The second-order valence-corrected chi connectivity index (χ2v) is 6.95. The summed E-state index contributed by atoms with van der Waals surface area (Å²) in [6.07, 6.45) is 3.39. The monoisotopic (exact) mass is 339 g/mol. The molecule has 0 aliphatic carbocycles. The highest BCUT2D eigenvalue weighted by molar-refractivity contribution is 7.12. The molecule has 1 saturated heterocycles. The lowest BCUT2D eigenvalue weighted by Crippen LogP contribution is -2.42. The summed E-state index contributed by atoms with van der Waals surface area (Å²) in [6, 6.07) is 11.1. The molecule has 0 unspecified atom stereocenters. The van der Waals surface area contributed by atoms with E-state index in [0.717, 1.165) is 24.3 Å². The van der Waals surface area contributed by atoms with Gasteiger partial charge in [-0.3, -0.25) is 14.2 Å². The molecule has 0 N–H and O–H groups in total. The molecule has 0 saturated carbocycles. The van der Waals surface area contributed by atoms with E-state index < -0.39 is 0 Å². The first-order chi connectivity index (χ1) is 11.7. The lowest BCUT2D eigenvalue weighted by molar-refractivity contribution is 0.0682. The fourth-order valence-electron chi connectivity index (χ4n) is 3.27. The molecular formula is C18H17N3O2S. The summed E-state index contributed by atoms with van der Waals surface area (Å²) in [5.41, 5.74) is 0.678. The SMILES string of the molecule is O=C(c1cccs1)N1CCC[C@H](n2cnc3ccccc3c2=O)C1. The van der Waals surface area contributed by atoms with Crippen LogP contribution in [0.2, 0.25) is 0 Å². The Hall–Kier alpha value is -2.47. The molecule has 1 aromatic carbocycles. The van der Waals surface area contributed by atoms with Gasteiger partial charge in [-0.1, -0.05) is 18.2 Å². The van der Waals surface area contributed by atoms with Crippen LogP contribution in [0.5, 0.6) is 0 Å². The lowest BCUT2D eigenvalue weighted by Gasteiger charge is -2.33. The summed E-state index contributed by atoms with van der Waals surface area (Å²) < 4.78 is 1.69. The largest absolute Gasteiger partial charge is 0.336 e. The number of hydrogen-bond acceptors (Lipinski definition) is 4. The van der Waals surface area contributed by atoms with Crippen LogP contribution in [0, 0.1) is 0 Å². The maximum Gasteiger partial charge on any atom is 0.263 e. The van der Waals surface area contributed by atoms with Crippen LogP contribution in [0.4, 0.5) is 0 Å². The third-order valence-corrected chi connectivity index (χ3v) is 5.36. The maximum atomic E-state index is 12.8. The van der Waals surface area contributed by atoms with Crippen molar-refractivity contribution in [2.75, 3.05) is 13.1 Å². The molecular weight excluding hydrogens is 322 g/mol. The Bertz CT molecular complexity index is 933. The van der Waals surface area contributed by atoms with Gasteiger partial charge in [-0.05, 0) is 36.4 Å². The molecule has 24 heavy (non-hydrogen) atoms. The van der Waals surface area contributed by atoms with Crippen molar-refractivity contribution in [2.45, 2.75) is 18.9 Å². The number of hydrogen-bond donors (Lipinski definition) is 0. The van der Waals surface area contributed by atoms with Crippen molar-refractivity contribution in [3.8, 4) is 0 Å². The van der Waals surface area contributed by atoms with Crippen LogP contribution < -0.4 is 5.56 Å². The number of carbonyl (C=O) groups excluding carboxylic acids is 1. The number of rotatable bonds is 2. The summed E-state index contributed by atoms with van der Waals surface area (Å²) in [4.78, 5) is 32.3. The van der Waals surface area contributed by atoms with Crippen LogP contribution in [-0.4, -0.2) is 33.4 Å². The summed E-state index contributed by atoms with van der Waals surface area (Å²) in [7, 11) is 0. The minimum absolute atomic E-state index is 0.0210. The Labute approximate surface area is 143 Å². The number of piperidine rings is 1. The Morgan fingerprint density at radius 1 is 1.21 bits per heavy atom. The average Bonchev–Trinajstić information content (AvgIpc) is 3.16. The summed E-state index contributed by atoms with van der Waals surface area (Å²) in [6.45, 7) is 1.29. The molecule has 1 amide bonds. The van der Waals surface area contributed by atoms with Gasteiger partial charge in [0.2, 0.25) is 0 Å². The molecule has 3 aromatic rings. The predicted octanol–water partition coefficient (Wildman–Crippen LogP) is 2.94. The van der Waals surface area contributed by atoms with Crippen molar-refractivity contribution >= 4 is 28.1 Å². The minimum atomic E-state index is -0.0315. The molecule has 6 heteroatoms. The fourth-order valence-corrected chi connectivity index (χ4v) is 3.96. The molecule has 3 heterocycles. The molecule has 0 radical (unpaired) electrons. The van der Waals surface area contributed by atoms with Gasteiger partial charge in [0, 0.05) is 13.1 Å². The molecule has 1 aliphatic heterocycles. The third-order valence-electron chi connectivity index (χ3n) is 4.50. The summed E-state index contributed by atoms with van der Waals surface area (Å²) in [5.74, 6) is 0.0523. The van der Waals surface area contributed by atoms with Crippen molar-refractivity contribution in [2.24, 2.45) is 0 Å². The van der Waals surface area contributed by atoms with Crippen molar-refractivity contribution < 1.29 is 4.79 Å². The highest BCUT2D eigenvalue weighted by atomic mass is 32.1. The highest BCUT2D eigenvalue weighted by Crippen LogP contribution is 2.23. The van der Waals surface area contributed by atoms with Gasteiger partial charge in [0.25, 0.3) is 11.5 Å². The summed E-state index contributed by atoms with van der Waals surface area (Å²) >= 11 is 1.45. The quantitative estimate of drug-likeness (QED) is 0.721. The number of carbonyl (C=O) groups is 1. The van der Waals surface area contributed by atoms with Gasteiger partial charge in [-0.25, -0.2) is 4.98 Å². The summed E-state index contributed by atoms with van der Waals surface area (Å²) in [5, 5.41) is 2.54. The van der Waals surface area contributed by atoms with E-state index in [2.05, 4.69) is 4.98 Å². The Morgan fingerprint density at radius 3 is 2.92 bits per heavy atom. The van der Waals surface area contributed by atoms with Crippen molar-refractivity contribution in [1.82, 2.24) is 14.5 Å². The van der Waals surface area contributed by atoms with Crippen LogP contribution in [0.1, 0.15) is 28.6 Å². The molecule has 1 aliphatic rings. The van der Waals surface area contributed by atoms with Crippen molar-refractivity contribution in [1.29, 1.82) is 0 Å². The number of nitrogens with zero attached hydrogens (tertiary/aromatic N) is 3. The van der Waals surface area contributed by atoms with Gasteiger partial charge >= 0.3 is 0 Å². The number of thiophene rings is 1. The van der Waals surface area contributed by atoms with Gasteiger partial charge in [0.15, 0.2) is 0 Å². The van der Waals surface area contributed by atoms with E-state index in [9.17, 15) is 9.59 Å². The zero-order chi connectivity index (χ0) is 16.5. The number of amides is 1. The smallest absolute Gasteiger partial charge is 0.263 e. The van der Waals surface area contributed by atoms with Crippen LogP contribution in [0.25, 0.3) is 10.9 Å². The molecule has 2 aromatic heterocycles. The van der Waals surface area contributed by atoms with Crippen LogP contribution in [0.3, 0.4) is 0 Å². The Kier molecular flexibility index (Phi) is 3.90. The van der Waals surface area contributed by atoms with E-state index in [0.29, 0.717) is 17.4 Å². The van der Waals surface area contributed by atoms with Crippen molar-refractivity contribution in [3.63, 3.8) is 0 Å². The first-order valence-electron chi connectivity index (χ1n) is 8.03. The number of para-hydroxylation sites is 1. The van der Waals surface area contributed by atoms with Gasteiger partial charge < -0.3 is 4.90 Å². The second kappa shape index (κ2) is 6.20. The van der Waals surface area contributed by atoms with Gasteiger partial charge in [-0.2, -0.15) is 0 Å². The van der Waals surface area contributed by atoms with Crippen LogP contribution in [0.15, 0.2) is 52.9 Å². The standard InChI is InChI=1S/C18H17N3O2S/c22-17-14-6-1-2-7-15(14)19-12-21(17)13-5-3-9-20(11-13)18(23)16-8-4-10-24-16/h1-2,4,6-8,10,12-13H,3,5,9,11H2/t13-/m0/s1. The zero-order valence-electron chi connectivity index (χ0n) is 13.1. The molecule has 0 spiro atoms. The van der Waals surface area contributed by atoms with E-state index >= 15 is 0 Å². The van der Waals surface area contributed by atoms with E-state index in [1.807, 2.05) is 40.6 Å². The van der Waals surface area contributed by atoms with E-state index in [1.165, 1.54) is 11.3 Å². The second-order valence-electron chi connectivity index (χ2n) is 6.00. The predicted molar refractivity (Wildman–Crippen MR) is 94.5 cm³/mol. The number of likely N-dealkylation sites (tertiary alicyclic amines) is 1. The van der Waals surface area contributed by atoms with Crippen molar-refractivity contribution in [3.05, 3.63) is 63.3 Å². The topological polar surface area (TPSA) is 55.2 Å². The van der Waals surface area contributed by atoms with E-state index in [-0.39, 0.29) is 17.5 Å². The van der Waals surface area contributed by atoms with Crippen LogP contribution in [-0.2, 0) is 0 Å². The first kappa shape index (κ1) is 15.1. The van der Waals surface area contributed by atoms with Gasteiger partial charge in [0.05, 0.1) is 28.1 Å². The normalized spacial score (nSPS) is 18.0. The number of fused-ring (bicyclic) bond motifs is 1. The highest BCUT2D eigenvalue weighted by Gasteiger charge is 2.26. The zero-order valence-corrected chi connectivity index (χ0v) is 13.9. The van der Waals surface area contributed by atoms with E-state index in [1.54, 1.807) is 17.0 Å². The number of benzene rings is 1. The molecule has 0 bridgehead atoms. The molecule has 122 valence electrons. The molecule has 4 rings (SSSR count). The van der Waals surface area contributed by atoms with Crippen LogP contribution >= 0.6 is 11.3 Å².